The van der Waals surface area contributed by atoms with Gasteiger partial charge in [-0.15, -0.1) is 0 Å². The zero-order valence-electron chi connectivity index (χ0n) is 13.4. The maximum atomic E-state index is 11.9. The number of likely N-dealkylation sites (N-methyl/N-ethyl adjacent to an activating group) is 1. The lowest BCUT2D eigenvalue weighted by Gasteiger charge is -2.25. The Morgan fingerprint density at radius 1 is 1.25 bits per heavy atom. The topological polar surface area (TPSA) is 46.6 Å². The Labute approximate surface area is 130 Å². The summed E-state index contributed by atoms with van der Waals surface area (Å²) in [7, 11) is 1.68. The van der Waals surface area contributed by atoms with E-state index in [1.54, 1.807) is 7.05 Å². The minimum absolute atomic E-state index is 0.0197. The SMILES string of the molecule is CCCC/C(CN(C)C(=O)OC(C)(C)C)=C(\Br)C(C)=O. The number of rotatable bonds is 6. The zero-order valence-corrected chi connectivity index (χ0v) is 15.0. The van der Waals surface area contributed by atoms with E-state index in [0.29, 0.717) is 11.0 Å². The summed E-state index contributed by atoms with van der Waals surface area (Å²) in [4.78, 5) is 24.9. The zero-order chi connectivity index (χ0) is 15.9. The molecule has 0 N–H and O–H groups in total. The van der Waals surface area contributed by atoms with E-state index in [-0.39, 0.29) is 11.9 Å². The van der Waals surface area contributed by atoms with Crippen LogP contribution in [-0.2, 0) is 9.53 Å². The van der Waals surface area contributed by atoms with E-state index in [2.05, 4.69) is 22.9 Å². The lowest BCUT2D eigenvalue weighted by atomic mass is 10.1. The van der Waals surface area contributed by atoms with Gasteiger partial charge in [0.15, 0.2) is 5.78 Å². The van der Waals surface area contributed by atoms with Gasteiger partial charge in [0.05, 0.1) is 4.48 Å². The van der Waals surface area contributed by atoms with E-state index in [9.17, 15) is 9.59 Å². The van der Waals surface area contributed by atoms with Crippen LogP contribution >= 0.6 is 15.9 Å². The molecule has 0 spiro atoms. The molecule has 0 heterocycles. The van der Waals surface area contributed by atoms with Crippen molar-refractivity contribution in [3.8, 4) is 0 Å². The van der Waals surface area contributed by atoms with Gasteiger partial charge in [-0.1, -0.05) is 13.3 Å². The monoisotopic (exact) mass is 347 g/mol. The van der Waals surface area contributed by atoms with Crippen LogP contribution in [0.2, 0.25) is 0 Å². The third-order valence-corrected chi connectivity index (χ3v) is 3.70. The first-order valence-electron chi connectivity index (χ1n) is 6.91. The van der Waals surface area contributed by atoms with E-state index >= 15 is 0 Å². The average molecular weight is 348 g/mol. The molecule has 0 unspecified atom stereocenters. The summed E-state index contributed by atoms with van der Waals surface area (Å²) in [6.07, 6.45) is 2.44. The number of hydrogen-bond donors (Lipinski definition) is 0. The predicted octanol–water partition coefficient (Wildman–Crippen LogP) is 4.28. The van der Waals surface area contributed by atoms with Gasteiger partial charge in [-0.3, -0.25) is 4.79 Å². The lowest BCUT2D eigenvalue weighted by Crippen LogP contribution is -2.35. The summed E-state index contributed by atoms with van der Waals surface area (Å²) in [6, 6.07) is 0. The molecule has 20 heavy (non-hydrogen) atoms. The van der Waals surface area contributed by atoms with Crippen molar-refractivity contribution in [1.82, 2.24) is 4.90 Å². The number of carbonyl (C=O) groups is 2. The maximum Gasteiger partial charge on any atom is 0.410 e. The van der Waals surface area contributed by atoms with E-state index in [4.69, 9.17) is 4.74 Å². The number of unbranched alkanes of at least 4 members (excludes halogenated alkanes) is 1. The Morgan fingerprint density at radius 3 is 2.20 bits per heavy atom. The van der Waals surface area contributed by atoms with Crippen molar-refractivity contribution in [1.29, 1.82) is 0 Å². The molecule has 0 bridgehead atoms. The Bertz CT molecular complexity index is 383. The summed E-state index contributed by atoms with van der Waals surface area (Å²) in [6.45, 7) is 9.50. The van der Waals surface area contributed by atoms with Crippen molar-refractivity contribution in [2.45, 2.75) is 59.5 Å². The number of Topliss-reactive ketones (excluding diaryl/α,β-unsaturated/α-hetero) is 1. The minimum atomic E-state index is -0.517. The number of allylic oxidation sites excluding steroid dienone is 1. The van der Waals surface area contributed by atoms with Crippen LogP contribution in [0, 0.1) is 0 Å². The van der Waals surface area contributed by atoms with Crippen molar-refractivity contribution < 1.29 is 14.3 Å². The highest BCUT2D eigenvalue weighted by atomic mass is 79.9. The highest BCUT2D eigenvalue weighted by molar-refractivity contribution is 9.12. The van der Waals surface area contributed by atoms with Gasteiger partial charge in [0.2, 0.25) is 0 Å². The average Bonchev–Trinajstić information content (AvgIpc) is 2.30. The molecule has 5 heteroatoms. The molecule has 1 amide bonds. The highest BCUT2D eigenvalue weighted by Crippen LogP contribution is 2.20. The molecule has 116 valence electrons. The van der Waals surface area contributed by atoms with Crippen molar-refractivity contribution in [2.75, 3.05) is 13.6 Å². The molecular formula is C15H26BrNO3. The van der Waals surface area contributed by atoms with E-state index < -0.39 is 5.60 Å². The fraction of sp³-hybridized carbons (Fsp3) is 0.733. The van der Waals surface area contributed by atoms with Gasteiger partial charge in [0.25, 0.3) is 0 Å². The summed E-state index contributed by atoms with van der Waals surface area (Å²) >= 11 is 3.33. The predicted molar refractivity (Wildman–Crippen MR) is 85.0 cm³/mol. The summed E-state index contributed by atoms with van der Waals surface area (Å²) in [5.74, 6) is -0.0197. The minimum Gasteiger partial charge on any atom is -0.444 e. The van der Waals surface area contributed by atoms with Crippen LogP contribution in [0.5, 0.6) is 0 Å². The van der Waals surface area contributed by atoms with E-state index in [1.165, 1.54) is 11.8 Å². The molecule has 0 aliphatic heterocycles. The van der Waals surface area contributed by atoms with Gasteiger partial charge in [-0.25, -0.2) is 4.79 Å². The Morgan fingerprint density at radius 2 is 1.80 bits per heavy atom. The number of carbonyl (C=O) groups excluding carboxylic acids is 2. The molecule has 0 fully saturated rings. The van der Waals surface area contributed by atoms with Crippen LogP contribution in [0.3, 0.4) is 0 Å². The molecule has 0 radical (unpaired) electrons. The second-order valence-electron chi connectivity index (χ2n) is 5.91. The summed E-state index contributed by atoms with van der Waals surface area (Å²) in [5.41, 5.74) is 0.420. The molecule has 0 aliphatic rings. The number of ether oxygens (including phenoxy) is 1. The first-order valence-corrected chi connectivity index (χ1v) is 7.70. The van der Waals surface area contributed by atoms with Crippen LogP contribution in [0.1, 0.15) is 53.9 Å². The second-order valence-corrected chi connectivity index (χ2v) is 6.71. The maximum absolute atomic E-state index is 11.9. The Kier molecular flexibility index (Phi) is 8.09. The molecule has 0 aromatic carbocycles. The van der Waals surface area contributed by atoms with Gasteiger partial charge in [-0.05, 0) is 62.0 Å². The van der Waals surface area contributed by atoms with Crippen molar-refractivity contribution in [2.24, 2.45) is 0 Å². The Hall–Kier alpha value is -0.840. The lowest BCUT2D eigenvalue weighted by molar-refractivity contribution is -0.113. The van der Waals surface area contributed by atoms with Crippen LogP contribution in [0.15, 0.2) is 10.1 Å². The van der Waals surface area contributed by atoms with Gasteiger partial charge < -0.3 is 9.64 Å². The summed E-state index contributed by atoms with van der Waals surface area (Å²) < 4.78 is 5.88. The van der Waals surface area contributed by atoms with Crippen LogP contribution in [0.25, 0.3) is 0 Å². The first-order chi connectivity index (χ1) is 9.08. The van der Waals surface area contributed by atoms with Gasteiger partial charge in [0, 0.05) is 13.6 Å². The number of ketones is 1. The molecule has 0 saturated carbocycles. The summed E-state index contributed by atoms with van der Waals surface area (Å²) in [5, 5.41) is 0. The van der Waals surface area contributed by atoms with Crippen molar-refractivity contribution in [3.63, 3.8) is 0 Å². The molecule has 0 atom stereocenters. The first kappa shape index (κ1) is 19.2. The number of nitrogens with zero attached hydrogens (tertiary/aromatic N) is 1. The van der Waals surface area contributed by atoms with E-state index in [0.717, 1.165) is 24.8 Å². The fourth-order valence-electron chi connectivity index (χ4n) is 1.59. The molecule has 4 nitrogen and oxygen atoms in total. The van der Waals surface area contributed by atoms with Crippen LogP contribution in [-0.4, -0.2) is 36.0 Å². The quantitative estimate of drug-likeness (QED) is 0.673. The van der Waals surface area contributed by atoms with Crippen molar-refractivity contribution >= 4 is 27.8 Å². The third-order valence-electron chi connectivity index (χ3n) is 2.58. The van der Waals surface area contributed by atoms with E-state index in [1.807, 2.05) is 20.8 Å². The molecule has 0 aromatic heterocycles. The Balaban J connectivity index is 4.86. The largest absolute Gasteiger partial charge is 0.444 e. The van der Waals surface area contributed by atoms with Gasteiger partial charge in [-0.2, -0.15) is 0 Å². The van der Waals surface area contributed by atoms with Crippen LogP contribution in [0.4, 0.5) is 4.79 Å². The molecule has 0 rings (SSSR count). The van der Waals surface area contributed by atoms with Gasteiger partial charge >= 0.3 is 6.09 Å². The number of amides is 1. The normalized spacial score (nSPS) is 12.8. The van der Waals surface area contributed by atoms with Gasteiger partial charge in [0.1, 0.15) is 5.60 Å². The standard InChI is InChI=1S/C15H26BrNO3/c1-7-8-9-12(13(16)11(2)18)10-17(6)14(19)20-15(3,4)5/h7-10H2,1-6H3/b13-12+. The van der Waals surface area contributed by atoms with Crippen LogP contribution < -0.4 is 0 Å². The molecule has 0 aromatic rings. The third kappa shape index (κ3) is 7.68. The molecular weight excluding hydrogens is 322 g/mol. The fourth-order valence-corrected chi connectivity index (χ4v) is 1.91. The second kappa shape index (κ2) is 8.45. The van der Waals surface area contributed by atoms with Crippen molar-refractivity contribution in [3.05, 3.63) is 10.1 Å². The highest BCUT2D eigenvalue weighted by Gasteiger charge is 2.21. The smallest absolute Gasteiger partial charge is 0.410 e. The molecule has 0 saturated heterocycles. The number of halogens is 1. The number of hydrogen-bond acceptors (Lipinski definition) is 3. The molecule has 0 aliphatic carbocycles.